The third kappa shape index (κ3) is 4.78. The topological polar surface area (TPSA) is 132 Å². The lowest BCUT2D eigenvalue weighted by Crippen LogP contribution is -2.41. The van der Waals surface area contributed by atoms with Crippen molar-refractivity contribution in [1.82, 2.24) is 15.3 Å². The molecule has 0 spiro atoms. The number of nitrogens with one attached hydrogen (secondary N) is 3. The van der Waals surface area contributed by atoms with Crippen LogP contribution >= 0.6 is 0 Å². The van der Waals surface area contributed by atoms with Gasteiger partial charge in [-0.05, 0) is 6.42 Å². The highest BCUT2D eigenvalue weighted by Gasteiger charge is 2.18. The second-order valence-corrected chi connectivity index (χ2v) is 4.04. The molecule has 0 saturated heterocycles. The van der Waals surface area contributed by atoms with E-state index in [1.165, 1.54) is 0 Å². The molecule has 0 aliphatic heterocycles. The number of hydrogen-bond donors (Lipinski definition) is 4. The van der Waals surface area contributed by atoms with E-state index in [0.717, 1.165) is 6.07 Å². The smallest absolute Gasteiger partial charge is 0.326 e. The molecule has 4 N–H and O–H groups in total. The highest BCUT2D eigenvalue weighted by Crippen LogP contribution is 1.98. The zero-order valence-corrected chi connectivity index (χ0v) is 10.4. The predicted molar refractivity (Wildman–Crippen MR) is 65.9 cm³/mol. The zero-order valence-electron chi connectivity index (χ0n) is 10.4. The second kappa shape index (κ2) is 6.53. The Morgan fingerprint density at radius 1 is 1.37 bits per heavy atom. The third-order valence-electron chi connectivity index (χ3n) is 2.38. The molecule has 19 heavy (non-hydrogen) atoms. The van der Waals surface area contributed by atoms with Crippen molar-refractivity contribution in [3.8, 4) is 0 Å². The van der Waals surface area contributed by atoms with Gasteiger partial charge in [-0.3, -0.25) is 14.6 Å². The molecule has 8 heteroatoms. The SMILES string of the molecule is CCC[C@@H](NC(=O)Cc1cc(=O)[nH]c(=O)[nH]1)C(=O)O. The first-order valence-electron chi connectivity index (χ1n) is 5.77. The Morgan fingerprint density at radius 3 is 2.58 bits per heavy atom. The van der Waals surface area contributed by atoms with Crippen LogP contribution in [0.1, 0.15) is 25.5 Å². The molecule has 0 saturated carbocycles. The summed E-state index contributed by atoms with van der Waals surface area (Å²) in [5, 5.41) is 11.2. The largest absolute Gasteiger partial charge is 0.480 e. The van der Waals surface area contributed by atoms with Gasteiger partial charge in [0.05, 0.1) is 6.42 Å². The number of amides is 1. The molecule has 8 nitrogen and oxygen atoms in total. The van der Waals surface area contributed by atoms with Gasteiger partial charge in [0, 0.05) is 11.8 Å². The van der Waals surface area contributed by atoms with Crippen LogP contribution < -0.4 is 16.6 Å². The van der Waals surface area contributed by atoms with Gasteiger partial charge in [-0.1, -0.05) is 13.3 Å². The van der Waals surface area contributed by atoms with Crippen LogP contribution in [0.5, 0.6) is 0 Å². The highest BCUT2D eigenvalue weighted by atomic mass is 16.4. The summed E-state index contributed by atoms with van der Waals surface area (Å²) in [5.41, 5.74) is -1.19. The lowest BCUT2D eigenvalue weighted by Gasteiger charge is -2.13. The molecule has 0 aromatic carbocycles. The van der Waals surface area contributed by atoms with Crippen molar-refractivity contribution >= 4 is 11.9 Å². The average molecular weight is 269 g/mol. The Kier molecular flexibility index (Phi) is 5.04. The third-order valence-corrected chi connectivity index (χ3v) is 2.38. The van der Waals surface area contributed by atoms with E-state index in [1.54, 1.807) is 6.92 Å². The Balaban J connectivity index is 2.71. The number of carboxylic acid groups (broad SMARTS) is 1. The number of aliphatic carboxylic acids is 1. The number of H-pyrrole nitrogens is 2. The van der Waals surface area contributed by atoms with Crippen LogP contribution in [0.25, 0.3) is 0 Å². The van der Waals surface area contributed by atoms with Crippen LogP contribution in [0.2, 0.25) is 0 Å². The maximum atomic E-state index is 11.6. The van der Waals surface area contributed by atoms with Crippen molar-refractivity contribution in [2.24, 2.45) is 0 Å². The maximum absolute atomic E-state index is 11.6. The monoisotopic (exact) mass is 269 g/mol. The lowest BCUT2D eigenvalue weighted by atomic mass is 10.1. The Bertz CT molecular complexity index is 546. The summed E-state index contributed by atoms with van der Waals surface area (Å²) in [7, 11) is 0. The number of rotatable bonds is 6. The van der Waals surface area contributed by atoms with Gasteiger partial charge in [-0.2, -0.15) is 0 Å². The molecule has 1 heterocycles. The molecule has 0 aliphatic rings. The fourth-order valence-corrected chi connectivity index (χ4v) is 1.58. The van der Waals surface area contributed by atoms with Crippen LogP contribution in [0, 0.1) is 0 Å². The van der Waals surface area contributed by atoms with E-state index >= 15 is 0 Å². The van der Waals surface area contributed by atoms with E-state index < -0.39 is 29.2 Å². The molecule has 104 valence electrons. The number of hydrogen-bond acceptors (Lipinski definition) is 4. The van der Waals surface area contributed by atoms with Crippen molar-refractivity contribution in [1.29, 1.82) is 0 Å². The maximum Gasteiger partial charge on any atom is 0.326 e. The first-order valence-corrected chi connectivity index (χ1v) is 5.77. The molecular formula is C11H15N3O5. The number of aromatic nitrogens is 2. The normalized spacial score (nSPS) is 11.8. The van der Waals surface area contributed by atoms with Crippen LogP contribution in [-0.4, -0.2) is 33.0 Å². The fraction of sp³-hybridized carbons (Fsp3) is 0.455. The lowest BCUT2D eigenvalue weighted by molar-refractivity contribution is -0.141. The standard InChI is InChI=1S/C11H15N3O5/c1-2-3-7(10(17)18)13-8(15)4-6-5-9(16)14-11(19)12-6/h5,7H,2-4H2,1H3,(H,13,15)(H,17,18)(H2,12,14,16,19)/t7-/m1/s1. The van der Waals surface area contributed by atoms with Crippen LogP contribution in [0.15, 0.2) is 15.7 Å². The number of carboxylic acids is 1. The summed E-state index contributed by atoms with van der Waals surface area (Å²) >= 11 is 0. The first kappa shape index (κ1) is 14.7. The molecule has 0 aliphatic carbocycles. The number of carbonyl (C=O) groups excluding carboxylic acids is 1. The van der Waals surface area contributed by atoms with Crippen molar-refractivity contribution < 1.29 is 14.7 Å². The van der Waals surface area contributed by atoms with Gasteiger partial charge < -0.3 is 15.4 Å². The first-order chi connectivity index (χ1) is 8.92. The second-order valence-electron chi connectivity index (χ2n) is 4.04. The van der Waals surface area contributed by atoms with Crippen LogP contribution in [0.4, 0.5) is 0 Å². The van der Waals surface area contributed by atoms with E-state index in [9.17, 15) is 19.2 Å². The van der Waals surface area contributed by atoms with Crippen molar-refractivity contribution in [2.45, 2.75) is 32.2 Å². The highest BCUT2D eigenvalue weighted by molar-refractivity contribution is 5.84. The molecule has 1 aromatic rings. The van der Waals surface area contributed by atoms with Crippen molar-refractivity contribution in [3.63, 3.8) is 0 Å². The molecular weight excluding hydrogens is 254 g/mol. The van der Waals surface area contributed by atoms with E-state index in [4.69, 9.17) is 5.11 Å². The van der Waals surface area contributed by atoms with Gasteiger partial charge in [-0.25, -0.2) is 9.59 Å². The summed E-state index contributed by atoms with van der Waals surface area (Å²) < 4.78 is 0. The Labute approximate surface area is 107 Å². The van der Waals surface area contributed by atoms with Gasteiger partial charge in [0.25, 0.3) is 5.56 Å². The minimum absolute atomic E-state index is 0.131. The summed E-state index contributed by atoms with van der Waals surface area (Å²) in [5.74, 6) is -1.68. The van der Waals surface area contributed by atoms with Gasteiger partial charge in [-0.15, -0.1) is 0 Å². The van der Waals surface area contributed by atoms with Gasteiger partial charge in [0.1, 0.15) is 6.04 Å². The Morgan fingerprint density at radius 2 is 2.05 bits per heavy atom. The van der Waals surface area contributed by atoms with Crippen molar-refractivity contribution in [3.05, 3.63) is 32.6 Å². The van der Waals surface area contributed by atoms with Crippen molar-refractivity contribution in [2.75, 3.05) is 0 Å². The fourth-order valence-electron chi connectivity index (χ4n) is 1.58. The predicted octanol–water partition coefficient (Wildman–Crippen LogP) is -1.02. The number of aromatic amines is 2. The van der Waals surface area contributed by atoms with Gasteiger partial charge in [0.2, 0.25) is 5.91 Å². The zero-order chi connectivity index (χ0) is 14.4. The molecule has 0 bridgehead atoms. The molecule has 1 aromatic heterocycles. The molecule has 0 radical (unpaired) electrons. The van der Waals surface area contributed by atoms with E-state index in [-0.39, 0.29) is 12.1 Å². The minimum Gasteiger partial charge on any atom is -0.480 e. The van der Waals surface area contributed by atoms with Gasteiger partial charge in [0.15, 0.2) is 0 Å². The van der Waals surface area contributed by atoms with E-state index in [1.807, 2.05) is 4.98 Å². The Hall–Kier alpha value is -2.38. The summed E-state index contributed by atoms with van der Waals surface area (Å²) in [6, 6.07) is 0.113. The van der Waals surface area contributed by atoms with Crippen LogP contribution in [-0.2, 0) is 16.0 Å². The number of carbonyl (C=O) groups is 2. The van der Waals surface area contributed by atoms with Gasteiger partial charge >= 0.3 is 11.7 Å². The minimum atomic E-state index is -1.12. The molecule has 1 rings (SSSR count). The summed E-state index contributed by atoms with van der Waals surface area (Å²) in [4.78, 5) is 48.8. The van der Waals surface area contributed by atoms with E-state index in [2.05, 4.69) is 10.3 Å². The molecule has 1 amide bonds. The molecule has 0 unspecified atom stereocenters. The molecule has 0 fully saturated rings. The molecule has 1 atom stereocenters. The quantitative estimate of drug-likeness (QED) is 0.524. The average Bonchev–Trinajstić information content (AvgIpc) is 2.26. The summed E-state index contributed by atoms with van der Waals surface area (Å²) in [6.45, 7) is 1.80. The van der Waals surface area contributed by atoms with Crippen LogP contribution in [0.3, 0.4) is 0 Å². The summed E-state index contributed by atoms with van der Waals surface area (Å²) in [6.07, 6.45) is 0.665. The van der Waals surface area contributed by atoms with E-state index in [0.29, 0.717) is 12.8 Å².